The van der Waals surface area contributed by atoms with Gasteiger partial charge in [-0.15, -0.1) is 0 Å². The molecule has 1 unspecified atom stereocenters. The van der Waals surface area contributed by atoms with Gasteiger partial charge in [-0.05, 0) is 68.5 Å². The van der Waals surface area contributed by atoms with Crippen LogP contribution < -0.4 is 0 Å². The van der Waals surface area contributed by atoms with E-state index in [2.05, 4.69) is 11.0 Å². The molecule has 0 N–H and O–H groups in total. The molecule has 1 saturated carbocycles. The van der Waals surface area contributed by atoms with Crippen molar-refractivity contribution in [3.8, 4) is 6.07 Å². The van der Waals surface area contributed by atoms with Crippen LogP contribution in [0.1, 0.15) is 47.9 Å². The van der Waals surface area contributed by atoms with Gasteiger partial charge >= 0.3 is 12.4 Å². The number of rotatable bonds is 8. The third kappa shape index (κ3) is 5.44. The molecular formula is C24H24F6N2. The van der Waals surface area contributed by atoms with E-state index in [4.69, 9.17) is 0 Å². The highest BCUT2D eigenvalue weighted by Gasteiger charge is 2.49. The van der Waals surface area contributed by atoms with E-state index in [1.807, 2.05) is 37.4 Å². The molecule has 0 radical (unpaired) electrons. The first kappa shape index (κ1) is 24.1. The third-order valence-corrected chi connectivity index (χ3v) is 6.03. The molecular weight excluding hydrogens is 430 g/mol. The topological polar surface area (TPSA) is 27.0 Å². The van der Waals surface area contributed by atoms with Crippen molar-refractivity contribution in [3.63, 3.8) is 0 Å². The van der Waals surface area contributed by atoms with E-state index in [-0.39, 0.29) is 17.9 Å². The minimum atomic E-state index is -5.17. The van der Waals surface area contributed by atoms with Crippen LogP contribution in [0, 0.1) is 17.2 Å². The normalized spacial score (nSPS) is 16.6. The number of hydrogen-bond donors (Lipinski definition) is 0. The highest BCUT2D eigenvalue weighted by molar-refractivity contribution is 5.43. The second-order valence-corrected chi connectivity index (χ2v) is 8.44. The zero-order chi connectivity index (χ0) is 23.6. The van der Waals surface area contributed by atoms with E-state index in [0.29, 0.717) is 44.5 Å². The van der Waals surface area contributed by atoms with Crippen LogP contribution in [-0.2, 0) is 24.3 Å². The van der Waals surface area contributed by atoms with Gasteiger partial charge in [-0.1, -0.05) is 36.4 Å². The number of benzene rings is 2. The molecule has 0 aliphatic heterocycles. The average Bonchev–Trinajstić information content (AvgIpc) is 3.56. The third-order valence-electron chi connectivity index (χ3n) is 6.03. The molecule has 2 aromatic rings. The summed E-state index contributed by atoms with van der Waals surface area (Å²) in [6, 6.07) is 14.0. The van der Waals surface area contributed by atoms with E-state index in [0.717, 1.165) is 11.6 Å². The van der Waals surface area contributed by atoms with Crippen LogP contribution in [0.2, 0.25) is 0 Å². The van der Waals surface area contributed by atoms with E-state index >= 15 is 0 Å². The van der Waals surface area contributed by atoms with Gasteiger partial charge in [-0.2, -0.15) is 31.6 Å². The molecule has 1 aliphatic rings. The predicted molar refractivity (Wildman–Crippen MR) is 108 cm³/mol. The molecule has 1 atom stereocenters. The van der Waals surface area contributed by atoms with Crippen LogP contribution in [0.15, 0.2) is 48.5 Å². The van der Waals surface area contributed by atoms with Crippen molar-refractivity contribution < 1.29 is 26.3 Å². The Morgan fingerprint density at radius 2 is 1.56 bits per heavy atom. The molecule has 1 fully saturated rings. The van der Waals surface area contributed by atoms with E-state index in [1.54, 1.807) is 0 Å². The number of nitrogens with zero attached hydrogens (tertiary/aromatic N) is 2. The van der Waals surface area contributed by atoms with Gasteiger partial charge in [0.1, 0.15) is 0 Å². The van der Waals surface area contributed by atoms with Crippen LogP contribution in [0.4, 0.5) is 26.3 Å². The molecule has 3 rings (SSSR count). The summed E-state index contributed by atoms with van der Waals surface area (Å²) in [5, 5.41) is 10.00. The lowest BCUT2D eigenvalue weighted by Crippen LogP contribution is -2.30. The van der Waals surface area contributed by atoms with Gasteiger partial charge in [0.2, 0.25) is 0 Å². The lowest BCUT2D eigenvalue weighted by atomic mass is 9.73. The average molecular weight is 454 g/mol. The first-order chi connectivity index (χ1) is 15.0. The van der Waals surface area contributed by atoms with Crippen molar-refractivity contribution >= 4 is 0 Å². The number of nitriles is 1. The van der Waals surface area contributed by atoms with Crippen molar-refractivity contribution in [2.24, 2.45) is 5.92 Å². The van der Waals surface area contributed by atoms with Crippen molar-refractivity contribution in [1.82, 2.24) is 4.90 Å². The Morgan fingerprint density at radius 3 is 2.09 bits per heavy atom. The maximum absolute atomic E-state index is 13.4. The zero-order valence-corrected chi connectivity index (χ0v) is 17.6. The molecule has 0 saturated heterocycles. The second-order valence-electron chi connectivity index (χ2n) is 8.44. The summed E-state index contributed by atoms with van der Waals surface area (Å²) in [4.78, 5) is 2.05. The maximum Gasteiger partial charge on any atom is 0.417 e. The van der Waals surface area contributed by atoms with Crippen LogP contribution in [0.25, 0.3) is 0 Å². The van der Waals surface area contributed by atoms with Gasteiger partial charge in [-0.3, -0.25) is 0 Å². The number of halogens is 6. The molecule has 0 heterocycles. The van der Waals surface area contributed by atoms with Gasteiger partial charge in [0.25, 0.3) is 0 Å². The standard InChI is InChI=1S/C24H24F6N2/c1-32(15-17-6-3-2-4-7-17)13-5-12-22(16-31,18-8-9-18)19-10-11-20(23(25,26)27)21(14-19)24(28,29)30/h2-4,6-7,10-11,14,18H,5,8-9,12-13,15H2,1H3. The van der Waals surface area contributed by atoms with Crippen molar-refractivity contribution in [3.05, 3.63) is 70.8 Å². The fourth-order valence-electron chi connectivity index (χ4n) is 4.28. The minimum absolute atomic E-state index is 0.0218. The van der Waals surface area contributed by atoms with Crippen LogP contribution >= 0.6 is 0 Å². The van der Waals surface area contributed by atoms with Gasteiger partial charge in [-0.25, -0.2) is 0 Å². The smallest absolute Gasteiger partial charge is 0.302 e. The van der Waals surface area contributed by atoms with E-state index < -0.39 is 28.9 Å². The van der Waals surface area contributed by atoms with Crippen LogP contribution in [-0.4, -0.2) is 18.5 Å². The molecule has 0 aromatic heterocycles. The maximum atomic E-state index is 13.4. The number of hydrogen-bond acceptors (Lipinski definition) is 2. The summed E-state index contributed by atoms with van der Waals surface area (Å²) in [6.45, 7) is 1.29. The second kappa shape index (κ2) is 9.14. The zero-order valence-electron chi connectivity index (χ0n) is 17.6. The minimum Gasteiger partial charge on any atom is -0.302 e. The van der Waals surface area contributed by atoms with Crippen LogP contribution in [0.5, 0.6) is 0 Å². The molecule has 0 amide bonds. The Hall–Kier alpha value is -2.53. The molecule has 32 heavy (non-hydrogen) atoms. The summed E-state index contributed by atoms with van der Waals surface area (Å²) in [5.74, 6) is -0.148. The fraction of sp³-hybridized carbons (Fsp3) is 0.458. The molecule has 8 heteroatoms. The van der Waals surface area contributed by atoms with Crippen molar-refractivity contribution in [2.75, 3.05) is 13.6 Å². The Morgan fingerprint density at radius 1 is 0.938 bits per heavy atom. The van der Waals surface area contributed by atoms with Crippen molar-refractivity contribution in [1.29, 1.82) is 5.26 Å². The molecule has 2 aromatic carbocycles. The molecule has 2 nitrogen and oxygen atoms in total. The monoisotopic (exact) mass is 454 g/mol. The molecule has 172 valence electrons. The number of alkyl halides is 6. The van der Waals surface area contributed by atoms with E-state index in [1.165, 1.54) is 0 Å². The molecule has 1 aliphatic carbocycles. The molecule has 0 spiro atoms. The van der Waals surface area contributed by atoms with Gasteiger partial charge in [0.15, 0.2) is 0 Å². The summed E-state index contributed by atoms with van der Waals surface area (Å²) in [7, 11) is 1.91. The molecule has 0 bridgehead atoms. The van der Waals surface area contributed by atoms with Gasteiger partial charge in [0.05, 0.1) is 22.6 Å². The largest absolute Gasteiger partial charge is 0.417 e. The highest BCUT2D eigenvalue weighted by Crippen LogP contribution is 2.51. The summed E-state index contributed by atoms with van der Waals surface area (Å²) >= 11 is 0. The Labute approximate surface area is 183 Å². The van der Waals surface area contributed by atoms with Gasteiger partial charge < -0.3 is 4.90 Å². The first-order valence-corrected chi connectivity index (χ1v) is 10.4. The Kier molecular flexibility index (Phi) is 6.89. The highest BCUT2D eigenvalue weighted by atomic mass is 19.4. The van der Waals surface area contributed by atoms with E-state index in [9.17, 15) is 31.6 Å². The quantitative estimate of drug-likeness (QED) is 0.410. The SMILES string of the molecule is CN(CCCC(C#N)(c1ccc(C(F)(F)F)c(C(F)(F)F)c1)C1CC1)Cc1ccccc1. The summed E-state index contributed by atoms with van der Waals surface area (Å²) in [5.41, 5.74) is -3.55. The Bertz CT molecular complexity index is 957. The first-order valence-electron chi connectivity index (χ1n) is 10.4. The van der Waals surface area contributed by atoms with Crippen molar-refractivity contribution in [2.45, 2.75) is 50.0 Å². The lowest BCUT2D eigenvalue weighted by molar-refractivity contribution is -0.162. The summed E-state index contributed by atoms with van der Waals surface area (Å²) in [6.07, 6.45) is -8.11. The lowest BCUT2D eigenvalue weighted by Gasteiger charge is -2.30. The summed E-state index contributed by atoms with van der Waals surface area (Å²) < 4.78 is 79.8. The Balaban J connectivity index is 1.82. The van der Waals surface area contributed by atoms with Gasteiger partial charge in [0, 0.05) is 6.54 Å². The predicted octanol–water partition coefficient (Wildman–Crippen LogP) is 6.81. The fourth-order valence-corrected chi connectivity index (χ4v) is 4.28. The van der Waals surface area contributed by atoms with Crippen LogP contribution in [0.3, 0.4) is 0 Å².